The SMILES string of the molecule is CCOC(=O)c1cc2ncc(N3CCC(N(C)C)C3)cc2o1. The van der Waals surface area contributed by atoms with Crippen LogP contribution in [0.25, 0.3) is 11.1 Å². The van der Waals surface area contributed by atoms with E-state index in [9.17, 15) is 4.79 Å². The number of aromatic nitrogens is 1. The van der Waals surface area contributed by atoms with Gasteiger partial charge in [-0.25, -0.2) is 4.79 Å². The number of likely N-dealkylation sites (N-methyl/N-ethyl adjacent to an activating group) is 1. The minimum Gasteiger partial charge on any atom is -0.460 e. The minimum absolute atomic E-state index is 0.203. The Labute approximate surface area is 129 Å². The van der Waals surface area contributed by atoms with Gasteiger partial charge in [0.25, 0.3) is 0 Å². The van der Waals surface area contributed by atoms with Gasteiger partial charge in [0, 0.05) is 31.3 Å². The highest BCUT2D eigenvalue weighted by Gasteiger charge is 2.25. The van der Waals surface area contributed by atoms with E-state index in [0.29, 0.717) is 23.7 Å². The van der Waals surface area contributed by atoms with E-state index in [0.717, 1.165) is 25.2 Å². The van der Waals surface area contributed by atoms with Crippen LogP contribution in [0.15, 0.2) is 22.7 Å². The summed E-state index contributed by atoms with van der Waals surface area (Å²) < 4.78 is 10.5. The molecule has 2 aromatic heterocycles. The van der Waals surface area contributed by atoms with Crippen molar-refractivity contribution in [3.63, 3.8) is 0 Å². The van der Waals surface area contributed by atoms with Crippen LogP contribution < -0.4 is 4.90 Å². The van der Waals surface area contributed by atoms with Gasteiger partial charge in [0.1, 0.15) is 5.52 Å². The van der Waals surface area contributed by atoms with Crippen molar-refractivity contribution in [2.75, 3.05) is 38.7 Å². The summed E-state index contributed by atoms with van der Waals surface area (Å²) in [4.78, 5) is 20.7. The molecule has 2 aromatic rings. The summed E-state index contributed by atoms with van der Waals surface area (Å²) in [6, 6.07) is 4.13. The quantitative estimate of drug-likeness (QED) is 0.807. The fraction of sp³-hybridized carbons (Fsp3) is 0.500. The summed E-state index contributed by atoms with van der Waals surface area (Å²) in [5.41, 5.74) is 2.32. The molecule has 6 heteroatoms. The lowest BCUT2D eigenvalue weighted by Crippen LogP contribution is -2.31. The number of pyridine rings is 1. The highest BCUT2D eigenvalue weighted by Crippen LogP contribution is 2.26. The second-order valence-electron chi connectivity index (χ2n) is 5.76. The second kappa shape index (κ2) is 5.96. The molecule has 3 heterocycles. The molecule has 0 amide bonds. The minimum atomic E-state index is -0.448. The predicted octanol–water partition coefficient (Wildman–Crippen LogP) is 2.14. The Balaban J connectivity index is 1.83. The molecule has 0 radical (unpaired) electrons. The number of rotatable bonds is 4. The highest BCUT2D eigenvalue weighted by atomic mass is 16.5. The van der Waals surface area contributed by atoms with Crippen LogP contribution in [-0.2, 0) is 4.74 Å². The standard InChI is InChI=1S/C16H21N3O3/c1-4-21-16(20)15-8-13-14(22-15)7-12(9-17-13)19-6-5-11(10-19)18(2)3/h7-9,11H,4-6,10H2,1-3H3. The van der Waals surface area contributed by atoms with E-state index in [-0.39, 0.29) is 5.76 Å². The number of nitrogens with zero attached hydrogens (tertiary/aromatic N) is 3. The monoisotopic (exact) mass is 303 g/mol. The van der Waals surface area contributed by atoms with Crippen LogP contribution in [0.1, 0.15) is 23.9 Å². The van der Waals surface area contributed by atoms with Crippen molar-refractivity contribution in [1.29, 1.82) is 0 Å². The summed E-state index contributed by atoms with van der Waals surface area (Å²) in [7, 11) is 4.21. The first-order valence-corrected chi connectivity index (χ1v) is 7.56. The first kappa shape index (κ1) is 14.8. The van der Waals surface area contributed by atoms with Crippen molar-refractivity contribution in [3.8, 4) is 0 Å². The zero-order valence-electron chi connectivity index (χ0n) is 13.2. The topological polar surface area (TPSA) is 58.8 Å². The van der Waals surface area contributed by atoms with Gasteiger partial charge in [-0.2, -0.15) is 0 Å². The summed E-state index contributed by atoms with van der Waals surface area (Å²) >= 11 is 0. The molecule has 1 unspecified atom stereocenters. The van der Waals surface area contributed by atoms with Crippen LogP contribution in [0.5, 0.6) is 0 Å². The van der Waals surface area contributed by atoms with Gasteiger partial charge >= 0.3 is 5.97 Å². The maximum Gasteiger partial charge on any atom is 0.374 e. The number of fused-ring (bicyclic) bond motifs is 1. The van der Waals surface area contributed by atoms with Crippen LogP contribution in [-0.4, -0.2) is 55.7 Å². The number of esters is 1. The molecule has 1 aliphatic heterocycles. The maximum atomic E-state index is 11.7. The molecule has 0 aliphatic carbocycles. The highest BCUT2D eigenvalue weighted by molar-refractivity contribution is 5.91. The van der Waals surface area contributed by atoms with Crippen molar-refractivity contribution < 1.29 is 13.9 Å². The van der Waals surface area contributed by atoms with Crippen LogP contribution in [0.2, 0.25) is 0 Å². The van der Waals surface area contributed by atoms with E-state index in [4.69, 9.17) is 9.15 Å². The summed E-state index contributed by atoms with van der Waals surface area (Å²) in [5, 5.41) is 0. The Hall–Kier alpha value is -2.08. The predicted molar refractivity (Wildman–Crippen MR) is 84.3 cm³/mol. The van der Waals surface area contributed by atoms with Crippen LogP contribution in [0.3, 0.4) is 0 Å². The number of ether oxygens (including phenoxy) is 1. The number of carbonyl (C=O) groups excluding carboxylic acids is 1. The maximum absolute atomic E-state index is 11.7. The van der Waals surface area contributed by atoms with Gasteiger partial charge in [-0.1, -0.05) is 0 Å². The van der Waals surface area contributed by atoms with Crippen molar-refractivity contribution >= 4 is 22.8 Å². The van der Waals surface area contributed by atoms with Gasteiger partial charge in [0.05, 0.1) is 18.5 Å². The van der Waals surface area contributed by atoms with Crippen molar-refractivity contribution in [2.45, 2.75) is 19.4 Å². The Morgan fingerprint density at radius 1 is 1.50 bits per heavy atom. The lowest BCUT2D eigenvalue weighted by Gasteiger charge is -2.21. The van der Waals surface area contributed by atoms with Gasteiger partial charge in [-0.3, -0.25) is 4.98 Å². The van der Waals surface area contributed by atoms with Crippen molar-refractivity contribution in [2.24, 2.45) is 0 Å². The van der Waals surface area contributed by atoms with Gasteiger partial charge in [0.2, 0.25) is 5.76 Å². The molecule has 0 spiro atoms. The number of hydrogen-bond acceptors (Lipinski definition) is 6. The first-order chi connectivity index (χ1) is 10.6. The smallest absolute Gasteiger partial charge is 0.374 e. The van der Waals surface area contributed by atoms with E-state index in [1.54, 1.807) is 13.0 Å². The van der Waals surface area contributed by atoms with E-state index < -0.39 is 5.97 Å². The lowest BCUT2D eigenvalue weighted by atomic mass is 10.2. The third-order valence-electron chi connectivity index (χ3n) is 4.09. The summed E-state index contributed by atoms with van der Waals surface area (Å²) in [5.74, 6) is -0.245. The molecule has 0 aromatic carbocycles. The molecule has 118 valence electrons. The van der Waals surface area contributed by atoms with E-state index in [2.05, 4.69) is 28.9 Å². The largest absolute Gasteiger partial charge is 0.460 e. The summed E-state index contributed by atoms with van der Waals surface area (Å²) in [6.07, 6.45) is 2.97. The van der Waals surface area contributed by atoms with Crippen molar-refractivity contribution in [1.82, 2.24) is 9.88 Å². The lowest BCUT2D eigenvalue weighted by molar-refractivity contribution is 0.0492. The Bertz CT molecular complexity index is 680. The zero-order valence-corrected chi connectivity index (χ0v) is 13.2. The van der Waals surface area contributed by atoms with E-state index in [1.165, 1.54) is 0 Å². The molecule has 6 nitrogen and oxygen atoms in total. The third kappa shape index (κ3) is 2.78. The van der Waals surface area contributed by atoms with Crippen molar-refractivity contribution in [3.05, 3.63) is 24.1 Å². The average molecular weight is 303 g/mol. The summed E-state index contributed by atoms with van der Waals surface area (Å²) in [6.45, 7) is 4.08. The van der Waals surface area contributed by atoms with Crippen LogP contribution in [0, 0.1) is 0 Å². The van der Waals surface area contributed by atoms with Crippen LogP contribution >= 0.6 is 0 Å². The normalized spacial score (nSPS) is 18.4. The second-order valence-corrected chi connectivity index (χ2v) is 5.76. The van der Waals surface area contributed by atoms with Gasteiger partial charge in [-0.15, -0.1) is 0 Å². The molecule has 22 heavy (non-hydrogen) atoms. The zero-order chi connectivity index (χ0) is 15.7. The molecule has 1 saturated heterocycles. The molecular weight excluding hydrogens is 282 g/mol. The molecule has 0 N–H and O–H groups in total. The fourth-order valence-electron chi connectivity index (χ4n) is 2.78. The molecule has 1 aliphatic rings. The average Bonchev–Trinajstić information content (AvgIpc) is 3.13. The van der Waals surface area contributed by atoms with Gasteiger partial charge in [0.15, 0.2) is 5.58 Å². The molecule has 3 rings (SSSR count). The Morgan fingerprint density at radius 3 is 3.00 bits per heavy atom. The number of carbonyl (C=O) groups is 1. The molecular formula is C16H21N3O3. The Morgan fingerprint density at radius 2 is 2.32 bits per heavy atom. The molecule has 0 saturated carbocycles. The van der Waals surface area contributed by atoms with E-state index >= 15 is 0 Å². The van der Waals surface area contributed by atoms with Gasteiger partial charge < -0.3 is 19.0 Å². The number of hydrogen-bond donors (Lipinski definition) is 0. The number of furan rings is 1. The van der Waals surface area contributed by atoms with Gasteiger partial charge in [-0.05, 0) is 27.4 Å². The fourth-order valence-corrected chi connectivity index (χ4v) is 2.78. The first-order valence-electron chi connectivity index (χ1n) is 7.56. The number of anilines is 1. The molecule has 1 atom stereocenters. The van der Waals surface area contributed by atoms with E-state index in [1.807, 2.05) is 12.3 Å². The molecule has 0 bridgehead atoms. The Kier molecular flexibility index (Phi) is 4.02. The third-order valence-corrected chi connectivity index (χ3v) is 4.09. The van der Waals surface area contributed by atoms with Crippen LogP contribution in [0.4, 0.5) is 5.69 Å². The molecule has 1 fully saturated rings.